The van der Waals surface area contributed by atoms with Crippen molar-refractivity contribution in [2.75, 3.05) is 13.1 Å². The van der Waals surface area contributed by atoms with Crippen LogP contribution in [0.3, 0.4) is 0 Å². The molecule has 0 bridgehead atoms. The van der Waals surface area contributed by atoms with Crippen molar-refractivity contribution in [3.8, 4) is 0 Å². The third-order valence-electron chi connectivity index (χ3n) is 2.40. The number of rotatable bonds is 2. The average Bonchev–Trinajstić information content (AvgIpc) is 2.17. The zero-order valence-electron chi connectivity index (χ0n) is 7.87. The molecule has 0 radical (unpaired) electrons. The molecule has 0 aliphatic carbocycles. The molecule has 1 heterocycles. The lowest BCUT2D eigenvalue weighted by atomic mass is 10.1. The second kappa shape index (κ2) is 4.82. The number of hydrogen-bond acceptors (Lipinski definition) is 2. The van der Waals surface area contributed by atoms with Crippen molar-refractivity contribution in [1.29, 1.82) is 0 Å². The zero-order chi connectivity index (χ0) is 9.84. The molecule has 1 fully saturated rings. The SMILES string of the molecule is CC[C@@H](Cl)C(=O)N1CCC(O)CC1. The smallest absolute Gasteiger partial charge is 0.240 e. The van der Waals surface area contributed by atoms with E-state index >= 15 is 0 Å². The van der Waals surface area contributed by atoms with Gasteiger partial charge in [-0.3, -0.25) is 4.79 Å². The van der Waals surface area contributed by atoms with Gasteiger partial charge in [-0.05, 0) is 19.3 Å². The molecule has 1 saturated heterocycles. The fourth-order valence-corrected chi connectivity index (χ4v) is 1.60. The van der Waals surface area contributed by atoms with Crippen LogP contribution in [0.25, 0.3) is 0 Å². The first-order valence-corrected chi connectivity index (χ1v) is 5.19. The Bertz CT molecular complexity index is 178. The van der Waals surface area contributed by atoms with Gasteiger partial charge in [0.05, 0.1) is 6.10 Å². The molecular weight excluding hydrogens is 190 g/mol. The van der Waals surface area contributed by atoms with E-state index in [1.165, 1.54) is 0 Å². The summed E-state index contributed by atoms with van der Waals surface area (Å²) in [5, 5.41) is 8.84. The standard InChI is InChI=1S/C9H16ClNO2/c1-2-8(10)9(13)11-5-3-7(12)4-6-11/h7-8,12H,2-6H2,1H3/t8-/m1/s1. The maximum absolute atomic E-state index is 11.5. The van der Waals surface area contributed by atoms with Gasteiger partial charge < -0.3 is 10.0 Å². The molecule has 1 N–H and O–H groups in total. The molecule has 3 nitrogen and oxygen atoms in total. The molecule has 1 aliphatic heterocycles. The number of piperidine rings is 1. The molecule has 0 aromatic carbocycles. The third kappa shape index (κ3) is 2.85. The second-order valence-electron chi connectivity index (χ2n) is 3.43. The summed E-state index contributed by atoms with van der Waals surface area (Å²) in [6, 6.07) is 0. The minimum Gasteiger partial charge on any atom is -0.393 e. The topological polar surface area (TPSA) is 40.5 Å². The number of carbonyl (C=O) groups excluding carboxylic acids is 1. The summed E-state index contributed by atoms with van der Waals surface area (Å²) in [6.07, 6.45) is 1.79. The number of carbonyl (C=O) groups is 1. The Labute approximate surface area is 83.7 Å². The summed E-state index contributed by atoms with van der Waals surface area (Å²) in [5.41, 5.74) is 0. The molecule has 0 aromatic rings. The van der Waals surface area contributed by atoms with Crippen molar-refractivity contribution in [1.82, 2.24) is 4.90 Å². The van der Waals surface area contributed by atoms with Crippen LogP contribution in [0, 0.1) is 0 Å². The van der Waals surface area contributed by atoms with Crippen LogP contribution in [0.2, 0.25) is 0 Å². The van der Waals surface area contributed by atoms with Crippen LogP contribution < -0.4 is 0 Å². The second-order valence-corrected chi connectivity index (χ2v) is 3.96. The molecule has 1 aliphatic rings. The summed E-state index contributed by atoms with van der Waals surface area (Å²) < 4.78 is 0. The number of aliphatic hydroxyl groups excluding tert-OH is 1. The predicted octanol–water partition coefficient (Wildman–Crippen LogP) is 0.987. The lowest BCUT2D eigenvalue weighted by Gasteiger charge is -2.30. The van der Waals surface area contributed by atoms with Gasteiger partial charge in [0.15, 0.2) is 0 Å². The Hall–Kier alpha value is -0.280. The Balaban J connectivity index is 2.40. The molecular formula is C9H16ClNO2. The van der Waals surface area contributed by atoms with E-state index in [2.05, 4.69) is 0 Å². The molecule has 1 atom stereocenters. The van der Waals surface area contributed by atoms with E-state index in [4.69, 9.17) is 11.6 Å². The maximum atomic E-state index is 11.5. The van der Waals surface area contributed by atoms with E-state index in [1.807, 2.05) is 6.92 Å². The first-order valence-electron chi connectivity index (χ1n) is 4.76. The Kier molecular flexibility index (Phi) is 4.00. The zero-order valence-corrected chi connectivity index (χ0v) is 8.63. The van der Waals surface area contributed by atoms with Gasteiger partial charge in [-0.2, -0.15) is 0 Å². The van der Waals surface area contributed by atoms with Crippen molar-refractivity contribution in [3.05, 3.63) is 0 Å². The highest BCUT2D eigenvalue weighted by Crippen LogP contribution is 2.14. The molecule has 4 heteroatoms. The summed E-state index contributed by atoms with van der Waals surface area (Å²) in [6.45, 7) is 3.18. The number of hydrogen-bond donors (Lipinski definition) is 1. The number of likely N-dealkylation sites (tertiary alicyclic amines) is 1. The fraction of sp³-hybridized carbons (Fsp3) is 0.889. The highest BCUT2D eigenvalue weighted by atomic mass is 35.5. The summed E-state index contributed by atoms with van der Waals surface area (Å²) in [7, 11) is 0. The highest BCUT2D eigenvalue weighted by Gasteiger charge is 2.24. The van der Waals surface area contributed by atoms with Crippen LogP contribution in [-0.4, -0.2) is 40.5 Å². The maximum Gasteiger partial charge on any atom is 0.240 e. The van der Waals surface area contributed by atoms with Crippen molar-refractivity contribution in [2.24, 2.45) is 0 Å². The van der Waals surface area contributed by atoms with Crippen LogP contribution in [0.4, 0.5) is 0 Å². The van der Waals surface area contributed by atoms with Gasteiger partial charge in [0.25, 0.3) is 0 Å². The van der Waals surface area contributed by atoms with Gasteiger partial charge >= 0.3 is 0 Å². The van der Waals surface area contributed by atoms with E-state index in [9.17, 15) is 9.90 Å². The Morgan fingerprint density at radius 1 is 1.62 bits per heavy atom. The van der Waals surface area contributed by atoms with Crippen LogP contribution in [0.15, 0.2) is 0 Å². The Morgan fingerprint density at radius 3 is 2.62 bits per heavy atom. The summed E-state index contributed by atoms with van der Waals surface area (Å²) >= 11 is 5.83. The molecule has 0 aromatic heterocycles. The van der Waals surface area contributed by atoms with Crippen molar-refractivity contribution < 1.29 is 9.90 Å². The van der Waals surface area contributed by atoms with Crippen LogP contribution in [0.5, 0.6) is 0 Å². The molecule has 0 unspecified atom stereocenters. The largest absolute Gasteiger partial charge is 0.393 e. The average molecular weight is 206 g/mol. The van der Waals surface area contributed by atoms with Crippen molar-refractivity contribution in [3.63, 3.8) is 0 Å². The molecule has 0 saturated carbocycles. The van der Waals surface area contributed by atoms with Crippen molar-refractivity contribution >= 4 is 17.5 Å². The van der Waals surface area contributed by atoms with Gasteiger partial charge in [0.2, 0.25) is 5.91 Å². The highest BCUT2D eigenvalue weighted by molar-refractivity contribution is 6.30. The third-order valence-corrected chi connectivity index (χ3v) is 2.90. The van der Waals surface area contributed by atoms with Gasteiger partial charge in [-0.15, -0.1) is 11.6 Å². The van der Waals surface area contributed by atoms with Gasteiger partial charge in [0, 0.05) is 13.1 Å². The molecule has 13 heavy (non-hydrogen) atoms. The van der Waals surface area contributed by atoms with Crippen molar-refractivity contribution in [2.45, 2.75) is 37.7 Å². The molecule has 0 spiro atoms. The molecule has 76 valence electrons. The number of halogens is 1. The lowest BCUT2D eigenvalue weighted by molar-refractivity contribution is -0.132. The lowest BCUT2D eigenvalue weighted by Crippen LogP contribution is -2.43. The number of amides is 1. The number of nitrogens with zero attached hydrogens (tertiary/aromatic N) is 1. The normalized spacial score (nSPS) is 21.6. The van der Waals surface area contributed by atoms with Gasteiger partial charge in [0.1, 0.15) is 5.38 Å². The fourth-order valence-electron chi connectivity index (χ4n) is 1.46. The van der Waals surface area contributed by atoms with E-state index in [-0.39, 0.29) is 12.0 Å². The summed E-state index contributed by atoms with van der Waals surface area (Å²) in [5.74, 6) is 0.0102. The first kappa shape index (κ1) is 10.8. The minimum absolute atomic E-state index is 0.0102. The van der Waals surface area contributed by atoms with E-state index in [0.29, 0.717) is 32.4 Å². The van der Waals surface area contributed by atoms with Crippen LogP contribution in [-0.2, 0) is 4.79 Å². The monoisotopic (exact) mass is 205 g/mol. The van der Waals surface area contributed by atoms with Crippen LogP contribution in [0.1, 0.15) is 26.2 Å². The number of aliphatic hydroxyl groups is 1. The van der Waals surface area contributed by atoms with Gasteiger partial charge in [-0.25, -0.2) is 0 Å². The quantitative estimate of drug-likeness (QED) is 0.683. The molecule has 1 amide bonds. The number of alkyl halides is 1. The predicted molar refractivity (Wildman–Crippen MR) is 51.8 cm³/mol. The minimum atomic E-state index is -0.393. The van der Waals surface area contributed by atoms with Crippen LogP contribution >= 0.6 is 11.6 Å². The van der Waals surface area contributed by atoms with E-state index in [0.717, 1.165) is 0 Å². The Morgan fingerprint density at radius 2 is 2.15 bits per heavy atom. The summed E-state index contributed by atoms with van der Waals surface area (Å²) in [4.78, 5) is 13.3. The molecule has 1 rings (SSSR count). The first-order chi connectivity index (χ1) is 6.15. The van der Waals surface area contributed by atoms with E-state index < -0.39 is 5.38 Å². The van der Waals surface area contributed by atoms with Gasteiger partial charge in [-0.1, -0.05) is 6.92 Å². The van der Waals surface area contributed by atoms with E-state index in [1.54, 1.807) is 4.90 Å².